The van der Waals surface area contributed by atoms with Crippen LogP contribution in [0.3, 0.4) is 0 Å². The first-order chi connectivity index (χ1) is 8.42. The molecular weight excluding hydrogens is 224 g/mol. The Hall–Kier alpha value is -1.86. The summed E-state index contributed by atoms with van der Waals surface area (Å²) in [4.78, 5) is 1.29. The second-order valence-electron chi connectivity index (χ2n) is 3.96. The summed E-state index contributed by atoms with van der Waals surface area (Å²) < 4.78 is 0. The topological polar surface area (TPSA) is 0 Å². The van der Waals surface area contributed by atoms with Gasteiger partial charge in [-0.15, -0.1) is 11.3 Å². The van der Waals surface area contributed by atoms with Crippen LogP contribution in [-0.2, 0) is 0 Å². The van der Waals surface area contributed by atoms with E-state index < -0.39 is 0 Å². The Morgan fingerprint density at radius 3 is 2.47 bits per heavy atom. The molecule has 3 rings (SSSR count). The van der Waals surface area contributed by atoms with Crippen LogP contribution in [-0.4, -0.2) is 0 Å². The molecule has 82 valence electrons. The molecule has 0 amide bonds. The van der Waals surface area contributed by atoms with Crippen molar-refractivity contribution in [1.82, 2.24) is 0 Å². The Kier molecular flexibility index (Phi) is 2.76. The number of hydrogen-bond donors (Lipinski definition) is 0. The largest absolute Gasteiger partial charge is 0.144 e. The van der Waals surface area contributed by atoms with E-state index in [0.717, 1.165) is 0 Å². The van der Waals surface area contributed by atoms with Crippen LogP contribution in [0.4, 0.5) is 0 Å². The van der Waals surface area contributed by atoms with Crippen molar-refractivity contribution in [3.05, 3.63) is 70.4 Å². The molecule has 0 saturated carbocycles. The minimum absolute atomic E-state index is 1.25. The fourth-order valence-corrected chi connectivity index (χ4v) is 2.49. The molecule has 0 unspecified atom stereocenters. The van der Waals surface area contributed by atoms with Crippen molar-refractivity contribution in [2.24, 2.45) is 0 Å². The normalized spacial score (nSPS) is 11.3. The fraction of sp³-hybridized carbons (Fsp3) is 0. The van der Waals surface area contributed by atoms with Crippen molar-refractivity contribution in [3.8, 4) is 0 Å². The van der Waals surface area contributed by atoms with E-state index in [1.807, 2.05) is 0 Å². The summed E-state index contributed by atoms with van der Waals surface area (Å²) >= 11 is 1.76. The molecule has 0 aliphatic heterocycles. The predicted molar refractivity (Wildman–Crippen MR) is 77.2 cm³/mol. The van der Waals surface area contributed by atoms with Gasteiger partial charge in [-0.3, -0.25) is 0 Å². The van der Waals surface area contributed by atoms with Gasteiger partial charge in [-0.25, -0.2) is 0 Å². The van der Waals surface area contributed by atoms with Crippen LogP contribution in [0.1, 0.15) is 10.4 Å². The highest BCUT2D eigenvalue weighted by molar-refractivity contribution is 7.10. The summed E-state index contributed by atoms with van der Waals surface area (Å²) in [6, 6.07) is 19.2. The van der Waals surface area contributed by atoms with Crippen molar-refractivity contribution in [2.75, 3.05) is 0 Å². The first-order valence-electron chi connectivity index (χ1n) is 5.62. The Balaban J connectivity index is 1.96. The maximum absolute atomic E-state index is 2.22. The monoisotopic (exact) mass is 236 g/mol. The standard InChI is InChI=1S/C16H12S/c1-2-5-15-12-13(7-9-14(15)4-1)8-10-16-6-3-11-17-16/h1-12H/b10-8+. The molecule has 0 aliphatic carbocycles. The van der Waals surface area contributed by atoms with Crippen molar-refractivity contribution in [3.63, 3.8) is 0 Å². The molecule has 1 heterocycles. The first-order valence-corrected chi connectivity index (χ1v) is 6.50. The highest BCUT2D eigenvalue weighted by atomic mass is 32.1. The van der Waals surface area contributed by atoms with Crippen molar-refractivity contribution in [1.29, 1.82) is 0 Å². The summed E-state index contributed by atoms with van der Waals surface area (Å²) in [5, 5.41) is 4.68. The zero-order chi connectivity index (χ0) is 11.5. The molecule has 3 aromatic rings. The van der Waals surface area contributed by atoms with Crippen LogP contribution in [0.2, 0.25) is 0 Å². The van der Waals surface area contributed by atoms with Crippen LogP contribution < -0.4 is 0 Å². The molecule has 0 bridgehead atoms. The smallest absolute Gasteiger partial charge is 0.0270 e. The molecule has 2 aromatic carbocycles. The Labute approximate surface area is 105 Å². The maximum Gasteiger partial charge on any atom is 0.0270 e. The van der Waals surface area contributed by atoms with E-state index in [0.29, 0.717) is 0 Å². The second kappa shape index (κ2) is 4.56. The molecule has 0 nitrogen and oxygen atoms in total. The predicted octanol–water partition coefficient (Wildman–Crippen LogP) is 5.07. The second-order valence-corrected chi connectivity index (χ2v) is 4.93. The maximum atomic E-state index is 2.22. The van der Waals surface area contributed by atoms with E-state index in [2.05, 4.69) is 72.1 Å². The molecule has 0 saturated heterocycles. The van der Waals surface area contributed by atoms with Crippen molar-refractivity contribution >= 4 is 34.3 Å². The number of hydrogen-bond acceptors (Lipinski definition) is 1. The number of rotatable bonds is 2. The first kappa shape index (κ1) is 10.3. The number of thiophene rings is 1. The van der Waals surface area contributed by atoms with Gasteiger partial charge in [0.05, 0.1) is 0 Å². The molecule has 1 aromatic heterocycles. The third-order valence-electron chi connectivity index (χ3n) is 2.76. The Morgan fingerprint density at radius 1 is 0.765 bits per heavy atom. The van der Waals surface area contributed by atoms with E-state index in [-0.39, 0.29) is 0 Å². The zero-order valence-corrected chi connectivity index (χ0v) is 10.2. The van der Waals surface area contributed by atoms with Crippen molar-refractivity contribution in [2.45, 2.75) is 0 Å². The lowest BCUT2D eigenvalue weighted by Gasteiger charge is -1.98. The van der Waals surface area contributed by atoms with Gasteiger partial charge in [-0.1, -0.05) is 48.5 Å². The van der Waals surface area contributed by atoms with Gasteiger partial charge in [0.2, 0.25) is 0 Å². The van der Waals surface area contributed by atoms with Crippen LogP contribution in [0, 0.1) is 0 Å². The minimum atomic E-state index is 1.25. The van der Waals surface area contributed by atoms with Crippen molar-refractivity contribution < 1.29 is 0 Å². The van der Waals surface area contributed by atoms with Crippen LogP contribution >= 0.6 is 11.3 Å². The zero-order valence-electron chi connectivity index (χ0n) is 9.34. The van der Waals surface area contributed by atoms with Gasteiger partial charge in [0.1, 0.15) is 0 Å². The molecule has 17 heavy (non-hydrogen) atoms. The van der Waals surface area contributed by atoms with Gasteiger partial charge in [-0.05, 0) is 39.9 Å². The highest BCUT2D eigenvalue weighted by Gasteiger charge is 1.93. The van der Waals surface area contributed by atoms with Gasteiger partial charge in [0.15, 0.2) is 0 Å². The molecule has 0 fully saturated rings. The van der Waals surface area contributed by atoms with Gasteiger partial charge in [0, 0.05) is 4.88 Å². The summed E-state index contributed by atoms with van der Waals surface area (Å²) in [7, 11) is 0. The Bertz CT molecular complexity index is 648. The third kappa shape index (κ3) is 2.29. The SMILES string of the molecule is C(=C\c1cccs1)/c1ccc2ccccc2c1. The van der Waals surface area contributed by atoms with Gasteiger partial charge >= 0.3 is 0 Å². The molecule has 0 atom stereocenters. The molecule has 0 radical (unpaired) electrons. The van der Waals surface area contributed by atoms with Crippen LogP contribution in [0.15, 0.2) is 60.0 Å². The van der Waals surface area contributed by atoms with E-state index in [9.17, 15) is 0 Å². The summed E-state index contributed by atoms with van der Waals surface area (Å²) in [6.45, 7) is 0. The molecule has 0 aliphatic rings. The average Bonchev–Trinajstić information content (AvgIpc) is 2.89. The van der Waals surface area contributed by atoms with E-state index >= 15 is 0 Å². The van der Waals surface area contributed by atoms with E-state index in [1.165, 1.54) is 21.2 Å². The van der Waals surface area contributed by atoms with E-state index in [1.54, 1.807) is 11.3 Å². The molecule has 0 spiro atoms. The lowest BCUT2D eigenvalue weighted by molar-refractivity contribution is 1.71. The highest BCUT2D eigenvalue weighted by Crippen LogP contribution is 2.18. The lowest BCUT2D eigenvalue weighted by atomic mass is 10.1. The quantitative estimate of drug-likeness (QED) is 0.582. The van der Waals surface area contributed by atoms with Crippen LogP contribution in [0.25, 0.3) is 22.9 Å². The van der Waals surface area contributed by atoms with Gasteiger partial charge < -0.3 is 0 Å². The minimum Gasteiger partial charge on any atom is -0.144 e. The average molecular weight is 236 g/mol. The van der Waals surface area contributed by atoms with Gasteiger partial charge in [0.25, 0.3) is 0 Å². The lowest BCUT2D eigenvalue weighted by Crippen LogP contribution is -1.74. The Morgan fingerprint density at radius 2 is 1.65 bits per heavy atom. The molecule has 0 N–H and O–H groups in total. The third-order valence-corrected chi connectivity index (χ3v) is 3.59. The van der Waals surface area contributed by atoms with Gasteiger partial charge in [-0.2, -0.15) is 0 Å². The molecule has 1 heteroatoms. The number of fused-ring (bicyclic) bond motifs is 1. The summed E-state index contributed by atoms with van der Waals surface area (Å²) in [6.07, 6.45) is 4.33. The number of benzene rings is 2. The molecular formula is C16H12S. The van der Waals surface area contributed by atoms with E-state index in [4.69, 9.17) is 0 Å². The van der Waals surface area contributed by atoms with Crippen LogP contribution in [0.5, 0.6) is 0 Å². The fourth-order valence-electron chi connectivity index (χ4n) is 1.88. The summed E-state index contributed by atoms with van der Waals surface area (Å²) in [5.41, 5.74) is 1.25. The summed E-state index contributed by atoms with van der Waals surface area (Å²) in [5.74, 6) is 0.